The number of hydrogen-bond donors (Lipinski definition) is 3. The van der Waals surface area contributed by atoms with Crippen molar-refractivity contribution in [3.05, 3.63) is 64.4 Å². The van der Waals surface area contributed by atoms with Crippen molar-refractivity contribution in [2.75, 3.05) is 11.2 Å². The van der Waals surface area contributed by atoms with Crippen LogP contribution in [-0.2, 0) is 11.2 Å². The average molecular weight is 435 g/mol. The lowest BCUT2D eigenvalue weighted by Crippen LogP contribution is -2.32. The van der Waals surface area contributed by atoms with E-state index in [1.807, 2.05) is 0 Å². The maximum absolute atomic E-state index is 13.6. The van der Waals surface area contributed by atoms with Gasteiger partial charge in [-0.25, -0.2) is 13.8 Å². The minimum absolute atomic E-state index is 0.0186. The van der Waals surface area contributed by atoms with E-state index in [4.69, 9.17) is 5.73 Å². The summed E-state index contributed by atoms with van der Waals surface area (Å²) in [6.07, 6.45) is 1.14. The van der Waals surface area contributed by atoms with Crippen LogP contribution in [-0.4, -0.2) is 20.9 Å². The third-order valence-corrected chi connectivity index (χ3v) is 4.22. The van der Waals surface area contributed by atoms with Crippen LogP contribution in [0.25, 0.3) is 11.3 Å². The number of nitrogens with one attached hydrogen (secondary N) is 2. The van der Waals surface area contributed by atoms with Gasteiger partial charge in [0.25, 0.3) is 0 Å². The van der Waals surface area contributed by atoms with E-state index in [-0.39, 0.29) is 29.7 Å². The van der Waals surface area contributed by atoms with Gasteiger partial charge in [0.05, 0.1) is 22.3 Å². The van der Waals surface area contributed by atoms with E-state index in [0.717, 1.165) is 0 Å². The van der Waals surface area contributed by atoms with Crippen molar-refractivity contribution in [2.24, 2.45) is 0 Å². The molecule has 10 heteroatoms. The number of benzene rings is 1. The fourth-order valence-corrected chi connectivity index (χ4v) is 2.73. The predicted molar refractivity (Wildman–Crippen MR) is 99.2 cm³/mol. The maximum atomic E-state index is 13.6. The highest BCUT2D eigenvalue weighted by Crippen LogP contribution is 2.31. The van der Waals surface area contributed by atoms with Gasteiger partial charge in [0.15, 0.2) is 5.82 Å². The highest BCUT2D eigenvalue weighted by molar-refractivity contribution is 9.10. The Balaban J connectivity index is 1.76. The molecule has 0 radical (unpaired) electrons. The summed E-state index contributed by atoms with van der Waals surface area (Å²) in [5.74, 6) is -1.34. The van der Waals surface area contributed by atoms with Crippen LogP contribution < -0.4 is 16.6 Å². The molecule has 27 heavy (non-hydrogen) atoms. The molecule has 0 bridgehead atoms. The van der Waals surface area contributed by atoms with Crippen molar-refractivity contribution in [3.63, 3.8) is 0 Å². The number of hydrogen-bond acceptors (Lipinski definition) is 6. The number of amides is 1. The van der Waals surface area contributed by atoms with Crippen LogP contribution >= 0.6 is 15.9 Å². The molecule has 0 aliphatic heterocycles. The van der Waals surface area contributed by atoms with Crippen molar-refractivity contribution in [1.82, 2.24) is 20.4 Å². The second-order valence-corrected chi connectivity index (χ2v) is 6.17. The zero-order valence-electron chi connectivity index (χ0n) is 13.7. The molecule has 4 N–H and O–H groups in total. The molecule has 138 valence electrons. The van der Waals surface area contributed by atoms with Crippen LogP contribution in [0.4, 0.5) is 20.5 Å². The average Bonchev–Trinajstić information content (AvgIpc) is 2.65. The lowest BCUT2D eigenvalue weighted by atomic mass is 10.1. The molecule has 7 nitrogen and oxygen atoms in total. The molecule has 0 saturated heterocycles. The topological polar surface area (TPSA) is 106 Å². The van der Waals surface area contributed by atoms with E-state index in [9.17, 15) is 13.6 Å². The number of nitrogens with two attached hydrogens (primary N) is 1. The third-order valence-electron chi connectivity index (χ3n) is 3.47. The van der Waals surface area contributed by atoms with Crippen molar-refractivity contribution in [2.45, 2.75) is 6.42 Å². The van der Waals surface area contributed by atoms with Gasteiger partial charge in [-0.15, -0.1) is 0 Å². The Hall–Kier alpha value is -3.14. The fourth-order valence-electron chi connectivity index (χ4n) is 2.22. The summed E-state index contributed by atoms with van der Waals surface area (Å²) in [5.41, 5.74) is 11.8. The second kappa shape index (κ2) is 8.04. The molecule has 0 aliphatic rings. The highest BCUT2D eigenvalue weighted by Gasteiger charge is 2.15. The predicted octanol–water partition coefficient (Wildman–Crippen LogP) is 2.85. The van der Waals surface area contributed by atoms with Gasteiger partial charge < -0.3 is 5.73 Å². The molecule has 0 fully saturated rings. The zero-order chi connectivity index (χ0) is 19.4. The SMILES string of the molecule is Nc1nc(NNC(=O)Cc2ncccc2F)c(Br)c(-c2ccc(F)cc2)n1. The quantitative estimate of drug-likeness (QED) is 0.533. The highest BCUT2D eigenvalue weighted by atomic mass is 79.9. The molecule has 1 aromatic carbocycles. The van der Waals surface area contributed by atoms with E-state index in [1.165, 1.54) is 42.6 Å². The summed E-state index contributed by atoms with van der Waals surface area (Å²) in [6.45, 7) is 0. The first-order chi connectivity index (χ1) is 12.9. The van der Waals surface area contributed by atoms with E-state index in [1.54, 1.807) is 0 Å². The van der Waals surface area contributed by atoms with Gasteiger partial charge in [-0.05, 0) is 52.3 Å². The number of aromatic nitrogens is 3. The minimum Gasteiger partial charge on any atom is -0.368 e. The number of pyridine rings is 1. The van der Waals surface area contributed by atoms with Crippen molar-refractivity contribution in [3.8, 4) is 11.3 Å². The first kappa shape index (κ1) is 18.6. The molecule has 1 amide bonds. The minimum atomic E-state index is -0.571. The second-order valence-electron chi connectivity index (χ2n) is 5.38. The largest absolute Gasteiger partial charge is 0.368 e. The summed E-state index contributed by atoms with van der Waals surface area (Å²) in [7, 11) is 0. The zero-order valence-corrected chi connectivity index (χ0v) is 15.3. The molecular weight excluding hydrogens is 422 g/mol. The first-order valence-corrected chi connectivity index (χ1v) is 8.46. The summed E-state index contributed by atoms with van der Waals surface area (Å²) in [6, 6.07) is 8.31. The maximum Gasteiger partial charge on any atom is 0.244 e. The Morgan fingerprint density at radius 1 is 1.15 bits per heavy atom. The number of carbonyl (C=O) groups excluding carboxylic acids is 1. The van der Waals surface area contributed by atoms with Gasteiger partial charge in [-0.2, -0.15) is 4.98 Å². The van der Waals surface area contributed by atoms with Crippen LogP contribution in [0.5, 0.6) is 0 Å². The summed E-state index contributed by atoms with van der Waals surface area (Å²) in [5, 5.41) is 0. The fraction of sp³-hybridized carbons (Fsp3) is 0.0588. The van der Waals surface area contributed by atoms with Crippen LogP contribution in [0, 0.1) is 11.6 Å². The van der Waals surface area contributed by atoms with Crippen molar-refractivity contribution >= 4 is 33.6 Å². The van der Waals surface area contributed by atoms with Gasteiger partial charge in [-0.1, -0.05) is 0 Å². The Bertz CT molecular complexity index is 984. The molecule has 0 aliphatic carbocycles. The molecule has 2 aromatic heterocycles. The molecule has 0 spiro atoms. The van der Waals surface area contributed by atoms with Crippen molar-refractivity contribution < 1.29 is 13.6 Å². The number of carbonyl (C=O) groups is 1. The number of anilines is 2. The van der Waals surface area contributed by atoms with Crippen LogP contribution in [0.2, 0.25) is 0 Å². The van der Waals surface area contributed by atoms with E-state index >= 15 is 0 Å². The van der Waals surface area contributed by atoms with Crippen LogP contribution in [0.1, 0.15) is 5.69 Å². The number of nitrogens with zero attached hydrogens (tertiary/aromatic N) is 3. The standard InChI is InChI=1S/C17H13BrF2N6O/c18-14-15(9-3-5-10(19)6-4-9)23-17(21)24-16(14)26-25-13(27)8-12-11(20)2-1-7-22-12/h1-7H,8H2,(H,25,27)(H3,21,23,24,26). The molecule has 0 saturated carbocycles. The lowest BCUT2D eigenvalue weighted by Gasteiger charge is -2.12. The molecule has 3 rings (SSSR count). The Labute approximate surface area is 161 Å². The van der Waals surface area contributed by atoms with Crippen molar-refractivity contribution in [1.29, 1.82) is 0 Å². The smallest absolute Gasteiger partial charge is 0.244 e. The van der Waals surface area contributed by atoms with Gasteiger partial charge in [0, 0.05) is 11.8 Å². The molecular formula is C17H13BrF2N6O. The third kappa shape index (κ3) is 4.53. The van der Waals surface area contributed by atoms with Crippen LogP contribution in [0.3, 0.4) is 0 Å². The summed E-state index contributed by atoms with van der Waals surface area (Å²) < 4.78 is 27.1. The monoisotopic (exact) mass is 434 g/mol. The van der Waals surface area contributed by atoms with Gasteiger partial charge in [0.2, 0.25) is 11.9 Å². The van der Waals surface area contributed by atoms with Gasteiger partial charge >= 0.3 is 0 Å². The van der Waals surface area contributed by atoms with E-state index in [2.05, 4.69) is 41.7 Å². The molecule has 0 atom stereocenters. The Morgan fingerprint density at radius 2 is 1.89 bits per heavy atom. The molecule has 2 heterocycles. The van der Waals surface area contributed by atoms with Gasteiger partial charge in [-0.3, -0.25) is 20.6 Å². The molecule has 0 unspecified atom stereocenters. The lowest BCUT2D eigenvalue weighted by molar-refractivity contribution is -0.120. The summed E-state index contributed by atoms with van der Waals surface area (Å²) in [4.78, 5) is 24.0. The first-order valence-electron chi connectivity index (χ1n) is 7.67. The van der Waals surface area contributed by atoms with E-state index in [0.29, 0.717) is 15.7 Å². The molecule has 3 aromatic rings. The number of rotatable bonds is 5. The van der Waals surface area contributed by atoms with Gasteiger partial charge in [0.1, 0.15) is 11.6 Å². The Kier molecular flexibility index (Phi) is 5.55. The van der Waals surface area contributed by atoms with E-state index < -0.39 is 11.7 Å². The number of halogens is 3. The van der Waals surface area contributed by atoms with Crippen LogP contribution in [0.15, 0.2) is 47.1 Å². The number of hydrazine groups is 1. The Morgan fingerprint density at radius 3 is 2.59 bits per heavy atom. The summed E-state index contributed by atoms with van der Waals surface area (Å²) >= 11 is 3.34. The number of nitrogen functional groups attached to an aromatic ring is 1. The normalized spacial score (nSPS) is 10.5.